The van der Waals surface area contributed by atoms with Crippen LogP contribution in [0, 0.1) is 17.3 Å². The van der Waals surface area contributed by atoms with Gasteiger partial charge in [-0.15, -0.1) is 0 Å². The minimum Gasteiger partial charge on any atom is -0.497 e. The van der Waals surface area contributed by atoms with Crippen molar-refractivity contribution in [3.8, 4) is 28.7 Å². The van der Waals surface area contributed by atoms with Crippen molar-refractivity contribution in [3.63, 3.8) is 0 Å². The number of carbonyl (C=O) groups excluding carboxylic acids is 10. The van der Waals surface area contributed by atoms with Crippen LogP contribution in [0.1, 0.15) is 147 Å². The van der Waals surface area contributed by atoms with Crippen LogP contribution < -0.4 is 39.2 Å². The summed E-state index contributed by atoms with van der Waals surface area (Å²) in [6.07, 6.45) is 8.50. The highest BCUT2D eigenvalue weighted by Gasteiger charge is 2.58. The summed E-state index contributed by atoms with van der Waals surface area (Å²) in [6.45, 7) is 5.60. The van der Waals surface area contributed by atoms with E-state index >= 15 is 0 Å². The lowest BCUT2D eigenvalue weighted by Gasteiger charge is -2.31. The highest BCUT2D eigenvalue weighted by molar-refractivity contribution is 6.13. The second kappa shape index (κ2) is 30.4. The molecule has 23 nitrogen and oxygen atoms in total. The van der Waals surface area contributed by atoms with E-state index < -0.39 is 42.1 Å². The number of unbranched alkanes of at least 4 members (excludes halogenated alkanes) is 2. The molecule has 23 heteroatoms. The highest BCUT2D eigenvalue weighted by Crippen LogP contribution is 2.57. The number of rotatable bonds is 31. The Kier molecular flexibility index (Phi) is 21.9. The summed E-state index contributed by atoms with van der Waals surface area (Å²) in [5.41, 5.74) is 4.81. The number of hydrogen-bond acceptors (Lipinski definition) is 17. The van der Waals surface area contributed by atoms with Crippen LogP contribution in [0.2, 0.25) is 0 Å². The minimum atomic E-state index is -1.48. The summed E-state index contributed by atoms with van der Waals surface area (Å²) in [6, 6.07) is 19.7. The smallest absolute Gasteiger partial charge is 0.416 e. The predicted octanol–water partition coefficient (Wildman–Crippen LogP) is 8.03. The van der Waals surface area contributed by atoms with Crippen molar-refractivity contribution in [1.29, 1.82) is 0 Å². The van der Waals surface area contributed by atoms with Gasteiger partial charge in [0.05, 0.1) is 64.4 Å². The number of aryl methyl sites for hydroxylation is 1. The molecule has 10 rings (SSSR count). The first-order valence-electron chi connectivity index (χ1n) is 32.7. The van der Waals surface area contributed by atoms with Crippen LogP contribution in [0.15, 0.2) is 91.1 Å². The van der Waals surface area contributed by atoms with E-state index in [1.165, 1.54) is 38.5 Å². The zero-order valence-corrected chi connectivity index (χ0v) is 54.7. The molecular weight excluding hydrogens is 1220 g/mol. The molecule has 6 aliphatic rings. The summed E-state index contributed by atoms with van der Waals surface area (Å²) in [5, 5.41) is 17.5. The Hall–Kier alpha value is -9.38. The van der Waals surface area contributed by atoms with Gasteiger partial charge in [0, 0.05) is 93.6 Å². The topological polar surface area (TPSA) is 283 Å². The third-order valence-corrected chi connectivity index (χ3v) is 18.9. The second-order valence-corrected chi connectivity index (χ2v) is 25.8. The molecule has 1 aliphatic carbocycles. The molecule has 4 aromatic carbocycles. The van der Waals surface area contributed by atoms with Crippen LogP contribution in [0.4, 0.5) is 10.5 Å². The first kappa shape index (κ1) is 68.5. The number of amides is 7. The highest BCUT2D eigenvalue weighted by atomic mass is 16.6. The molecule has 5 aliphatic heterocycles. The SMILES string of the molecule is COc1ccc(C2=CN3C(=O)c4cc(OC)c(OCCCOc5cc6c(cc5OC)C(=O)N5CC7(CC7)C[C@H]5C(O)N6C(=O)OCc5ccc(CC(=O)C(C)NC(=O)[C@H](CC(=O)CNC(=O)CCC(=O)CCCCCN6C(=O)C=CC6=O)C(C)C)cc5)cc4CC[C@H]3C2)cc1. The maximum absolute atomic E-state index is 14.5. The number of nitrogens with zero attached hydrogens (tertiary/aromatic N) is 4. The fourth-order valence-electron chi connectivity index (χ4n) is 13.1. The average molecular weight is 1310 g/mol. The fourth-order valence-corrected chi connectivity index (χ4v) is 13.1. The van der Waals surface area contributed by atoms with E-state index in [0.717, 1.165) is 57.9 Å². The van der Waals surface area contributed by atoms with Gasteiger partial charge in [-0.1, -0.05) is 56.7 Å². The zero-order chi connectivity index (χ0) is 67.7. The van der Waals surface area contributed by atoms with Crippen molar-refractivity contribution in [3.05, 3.63) is 125 Å². The molecule has 0 aromatic heterocycles. The van der Waals surface area contributed by atoms with E-state index in [-0.39, 0.29) is 146 Å². The summed E-state index contributed by atoms with van der Waals surface area (Å²) in [4.78, 5) is 137. The number of fused-ring (bicyclic) bond motifs is 4. The molecule has 7 amide bonds. The number of nitrogens with one attached hydrogen (secondary N) is 2. The van der Waals surface area contributed by atoms with E-state index in [2.05, 4.69) is 10.6 Å². The van der Waals surface area contributed by atoms with Gasteiger partial charge in [0.1, 0.15) is 18.1 Å². The standard InChI is InChI=1S/C72H84N6O17/c1-43(2)54(34-52(80)39-73-64(82)23-20-51(79)11-8-7-9-28-75-65(83)24-25-66(75)84)67(85)74-44(3)59(81)31-45-12-14-46(15-13-45)41-95-71(89)78-57-37-63(61(92-6)36-56(57)69(87)77-42-72(26-27-72)38-58(77)70(78)88)94-30-10-29-93-62-33-48-16-19-50-32-49(47-17-21-53(90-4)22-18-47)40-76(50)68(86)55(48)35-60(62)91-5/h12-15,17-18,21-22,24-25,33,35-37,40,43-44,50,54,58,70,88H,7-11,16,19-20,23,26-32,34,38-39,41-42H2,1-6H3,(H,73,82)(H,74,85)/t44?,50-,54+,58-,70?/m0/s1. The zero-order valence-electron chi connectivity index (χ0n) is 54.7. The van der Waals surface area contributed by atoms with Crippen molar-refractivity contribution >= 4 is 70.1 Å². The van der Waals surface area contributed by atoms with Crippen LogP contribution in [-0.4, -0.2) is 157 Å². The summed E-state index contributed by atoms with van der Waals surface area (Å²) in [7, 11) is 4.61. The van der Waals surface area contributed by atoms with Gasteiger partial charge in [-0.25, -0.2) is 9.69 Å². The van der Waals surface area contributed by atoms with Gasteiger partial charge >= 0.3 is 6.09 Å². The number of anilines is 1. The number of ether oxygens (including phenoxy) is 6. The van der Waals surface area contributed by atoms with Gasteiger partial charge < -0.3 is 54.0 Å². The Morgan fingerprint density at radius 3 is 2.05 bits per heavy atom. The minimum absolute atomic E-state index is 0.00595. The Bertz CT molecular complexity index is 3650. The molecule has 5 atom stereocenters. The molecule has 0 radical (unpaired) electrons. The number of benzene rings is 4. The third kappa shape index (κ3) is 16.2. The van der Waals surface area contributed by atoms with Crippen LogP contribution in [0.25, 0.3) is 5.57 Å². The number of imide groups is 1. The van der Waals surface area contributed by atoms with E-state index in [4.69, 9.17) is 28.4 Å². The van der Waals surface area contributed by atoms with E-state index in [9.17, 15) is 53.1 Å². The molecule has 1 saturated carbocycles. The Morgan fingerprint density at radius 1 is 0.716 bits per heavy atom. The third-order valence-electron chi connectivity index (χ3n) is 18.9. The summed E-state index contributed by atoms with van der Waals surface area (Å²) in [5.74, 6) is -1.89. The molecule has 3 N–H and O–H groups in total. The molecule has 2 fully saturated rings. The molecule has 95 heavy (non-hydrogen) atoms. The number of carbonyl (C=O) groups is 10. The largest absolute Gasteiger partial charge is 0.497 e. The van der Waals surface area contributed by atoms with Gasteiger partial charge in [-0.2, -0.15) is 0 Å². The van der Waals surface area contributed by atoms with Crippen LogP contribution >= 0.6 is 0 Å². The monoisotopic (exact) mass is 1300 g/mol. The number of methoxy groups -OCH3 is 3. The van der Waals surface area contributed by atoms with Crippen LogP contribution in [0.5, 0.6) is 28.7 Å². The van der Waals surface area contributed by atoms with Crippen LogP contribution in [-0.2, 0) is 57.7 Å². The first-order valence-corrected chi connectivity index (χ1v) is 32.7. The molecule has 2 unspecified atom stereocenters. The second-order valence-electron chi connectivity index (χ2n) is 25.8. The van der Waals surface area contributed by atoms with E-state index in [1.807, 2.05) is 41.4 Å². The van der Waals surface area contributed by atoms with Crippen molar-refractivity contribution in [2.24, 2.45) is 17.3 Å². The molecule has 4 aromatic rings. The van der Waals surface area contributed by atoms with E-state index in [0.29, 0.717) is 73.3 Å². The molecule has 5 heterocycles. The number of aliphatic hydroxyl groups is 1. The fraction of sp³-hybridized carbons (Fsp3) is 0.472. The lowest BCUT2D eigenvalue weighted by molar-refractivity contribution is -0.137. The number of aliphatic hydroxyl groups excluding tert-OH is 1. The van der Waals surface area contributed by atoms with Crippen molar-refractivity contribution in [2.45, 2.75) is 148 Å². The number of Topliss-reactive ketones (excluding diaryl/α,β-unsaturated/α-hetero) is 3. The lowest BCUT2D eigenvalue weighted by atomic mass is 9.89. The molecule has 1 spiro atoms. The average Bonchev–Trinajstić information content (AvgIpc) is 1.57. The predicted molar refractivity (Wildman–Crippen MR) is 348 cm³/mol. The quantitative estimate of drug-likeness (QED) is 0.0317. The maximum atomic E-state index is 14.5. The first-order chi connectivity index (χ1) is 45.7. The summed E-state index contributed by atoms with van der Waals surface area (Å²) < 4.78 is 35.3. The van der Waals surface area contributed by atoms with Gasteiger partial charge in [-0.3, -0.25) is 48.1 Å². The van der Waals surface area contributed by atoms with Gasteiger partial charge in [0.15, 0.2) is 40.8 Å². The van der Waals surface area contributed by atoms with Gasteiger partial charge in [0.25, 0.3) is 23.6 Å². The Morgan fingerprint density at radius 2 is 1.39 bits per heavy atom. The van der Waals surface area contributed by atoms with Crippen molar-refractivity contribution in [2.75, 3.05) is 59.1 Å². The maximum Gasteiger partial charge on any atom is 0.416 e. The number of ketones is 3. The van der Waals surface area contributed by atoms with Crippen molar-refractivity contribution in [1.82, 2.24) is 25.3 Å². The molecule has 1 saturated heterocycles. The Balaban J connectivity index is 0.699. The van der Waals surface area contributed by atoms with E-state index in [1.54, 1.807) is 63.1 Å². The molecular formula is C72H84N6O17. The number of hydrogen-bond donors (Lipinski definition) is 3. The lowest BCUT2D eigenvalue weighted by Crippen LogP contribution is -2.50. The van der Waals surface area contributed by atoms with Crippen LogP contribution in [0.3, 0.4) is 0 Å². The summed E-state index contributed by atoms with van der Waals surface area (Å²) >= 11 is 0. The van der Waals surface area contributed by atoms with Crippen molar-refractivity contribution < 1.29 is 81.5 Å². The van der Waals surface area contributed by atoms with Gasteiger partial charge in [0.2, 0.25) is 11.8 Å². The Labute approximate surface area is 552 Å². The molecule has 0 bridgehead atoms. The molecule has 504 valence electrons. The normalized spacial score (nSPS) is 18.8. The van der Waals surface area contributed by atoms with Gasteiger partial charge in [-0.05, 0) is 128 Å².